The fourth-order valence-electron chi connectivity index (χ4n) is 1.42. The molecule has 0 saturated heterocycles. The van der Waals surface area contributed by atoms with Crippen LogP contribution in [-0.4, -0.2) is 16.7 Å². The van der Waals surface area contributed by atoms with E-state index in [-0.39, 0.29) is 0 Å². The van der Waals surface area contributed by atoms with Crippen LogP contribution in [-0.2, 0) is 6.42 Å². The number of nitrogens with one attached hydrogen (secondary N) is 1. The van der Waals surface area contributed by atoms with Crippen molar-refractivity contribution >= 4 is 0 Å². The van der Waals surface area contributed by atoms with Gasteiger partial charge in [-0.1, -0.05) is 19.3 Å². The maximum absolute atomic E-state index is 5.41. The molecule has 0 aromatic carbocycles. The molecular weight excluding hydrogens is 162 g/mol. The van der Waals surface area contributed by atoms with Gasteiger partial charge in [-0.2, -0.15) is 5.10 Å². The minimum atomic E-state index is 0.835. The SMILES string of the molecule is NCCCCCCCc1cn[nH]c1. The summed E-state index contributed by atoms with van der Waals surface area (Å²) in [6.07, 6.45) is 11.4. The molecule has 0 fully saturated rings. The summed E-state index contributed by atoms with van der Waals surface area (Å²) in [6.45, 7) is 0.835. The van der Waals surface area contributed by atoms with Crippen LogP contribution in [0.2, 0.25) is 0 Å². The third-order valence-corrected chi connectivity index (χ3v) is 2.22. The van der Waals surface area contributed by atoms with E-state index >= 15 is 0 Å². The average molecular weight is 181 g/mol. The second-order valence-corrected chi connectivity index (χ2v) is 3.41. The van der Waals surface area contributed by atoms with Gasteiger partial charge in [0, 0.05) is 6.20 Å². The van der Waals surface area contributed by atoms with Crippen molar-refractivity contribution in [2.24, 2.45) is 5.73 Å². The Bertz CT molecular complexity index is 194. The first-order valence-corrected chi connectivity index (χ1v) is 5.11. The summed E-state index contributed by atoms with van der Waals surface area (Å²) in [5.41, 5.74) is 6.73. The number of aromatic amines is 1. The Morgan fingerprint density at radius 1 is 1.15 bits per heavy atom. The molecule has 3 heteroatoms. The Labute approximate surface area is 79.7 Å². The van der Waals surface area contributed by atoms with Crippen molar-refractivity contribution in [1.29, 1.82) is 0 Å². The van der Waals surface area contributed by atoms with E-state index in [1.165, 1.54) is 37.7 Å². The molecule has 0 bridgehead atoms. The molecule has 3 N–H and O–H groups in total. The molecule has 3 nitrogen and oxygen atoms in total. The monoisotopic (exact) mass is 181 g/mol. The van der Waals surface area contributed by atoms with E-state index in [0.717, 1.165) is 13.0 Å². The second kappa shape index (κ2) is 6.66. The molecule has 0 unspecified atom stereocenters. The Kier molecular flexibility index (Phi) is 5.25. The Hall–Kier alpha value is -0.830. The van der Waals surface area contributed by atoms with Crippen LogP contribution in [0.5, 0.6) is 0 Å². The number of nitrogens with two attached hydrogens (primary N) is 1. The molecule has 1 aromatic heterocycles. The van der Waals surface area contributed by atoms with Gasteiger partial charge in [-0.05, 0) is 31.4 Å². The molecule has 0 aliphatic carbocycles. The van der Waals surface area contributed by atoms with E-state index in [2.05, 4.69) is 10.2 Å². The molecular formula is C10H19N3. The zero-order valence-electron chi connectivity index (χ0n) is 8.13. The molecule has 0 radical (unpaired) electrons. The van der Waals surface area contributed by atoms with Gasteiger partial charge in [-0.25, -0.2) is 0 Å². The third-order valence-electron chi connectivity index (χ3n) is 2.22. The predicted molar refractivity (Wildman–Crippen MR) is 54.4 cm³/mol. The normalized spacial score (nSPS) is 10.5. The first-order valence-electron chi connectivity index (χ1n) is 5.11. The van der Waals surface area contributed by atoms with Gasteiger partial charge in [-0.3, -0.25) is 5.10 Å². The molecule has 0 atom stereocenters. The molecule has 0 saturated carbocycles. The van der Waals surface area contributed by atoms with E-state index < -0.39 is 0 Å². The van der Waals surface area contributed by atoms with Gasteiger partial charge in [0.1, 0.15) is 0 Å². The minimum Gasteiger partial charge on any atom is -0.330 e. The van der Waals surface area contributed by atoms with Crippen LogP contribution in [0.15, 0.2) is 12.4 Å². The number of aryl methyl sites for hydroxylation is 1. The van der Waals surface area contributed by atoms with Crippen molar-refractivity contribution < 1.29 is 0 Å². The Morgan fingerprint density at radius 3 is 2.62 bits per heavy atom. The highest BCUT2D eigenvalue weighted by Crippen LogP contribution is 2.06. The predicted octanol–water partition coefficient (Wildman–Crippen LogP) is 1.86. The topological polar surface area (TPSA) is 54.7 Å². The number of hydrogen-bond donors (Lipinski definition) is 2. The van der Waals surface area contributed by atoms with Crippen molar-refractivity contribution in [2.45, 2.75) is 38.5 Å². The van der Waals surface area contributed by atoms with Crippen molar-refractivity contribution in [2.75, 3.05) is 6.54 Å². The van der Waals surface area contributed by atoms with Gasteiger partial charge in [-0.15, -0.1) is 0 Å². The number of rotatable bonds is 7. The fourth-order valence-corrected chi connectivity index (χ4v) is 1.42. The molecule has 0 aliphatic rings. The second-order valence-electron chi connectivity index (χ2n) is 3.41. The van der Waals surface area contributed by atoms with Crippen molar-refractivity contribution in [3.05, 3.63) is 18.0 Å². The number of nitrogens with zero attached hydrogens (tertiary/aromatic N) is 1. The first kappa shape index (κ1) is 10.3. The van der Waals surface area contributed by atoms with E-state index in [1.54, 1.807) is 0 Å². The van der Waals surface area contributed by atoms with E-state index in [0.29, 0.717) is 0 Å². The van der Waals surface area contributed by atoms with Crippen LogP contribution in [0, 0.1) is 0 Å². The average Bonchev–Trinajstić information content (AvgIpc) is 2.63. The van der Waals surface area contributed by atoms with Gasteiger partial charge in [0.15, 0.2) is 0 Å². The number of H-pyrrole nitrogens is 1. The highest BCUT2D eigenvalue weighted by Gasteiger charge is 1.93. The molecule has 1 heterocycles. The lowest BCUT2D eigenvalue weighted by atomic mass is 10.1. The molecule has 1 aromatic rings. The highest BCUT2D eigenvalue weighted by molar-refractivity contribution is 5.01. The van der Waals surface area contributed by atoms with Crippen LogP contribution in [0.3, 0.4) is 0 Å². The van der Waals surface area contributed by atoms with Crippen LogP contribution in [0.1, 0.15) is 37.7 Å². The Balaban J connectivity index is 1.90. The number of aromatic nitrogens is 2. The summed E-state index contributed by atoms with van der Waals surface area (Å²) in [6, 6.07) is 0. The standard InChI is InChI=1S/C10H19N3/c11-7-5-3-1-2-4-6-10-8-12-13-9-10/h8-9H,1-7,11H2,(H,12,13). The van der Waals surface area contributed by atoms with Gasteiger partial charge in [0.05, 0.1) is 6.20 Å². The maximum Gasteiger partial charge on any atom is 0.0519 e. The fraction of sp³-hybridized carbons (Fsp3) is 0.700. The Morgan fingerprint density at radius 2 is 1.92 bits per heavy atom. The minimum absolute atomic E-state index is 0.835. The quantitative estimate of drug-likeness (QED) is 0.631. The van der Waals surface area contributed by atoms with E-state index in [9.17, 15) is 0 Å². The summed E-state index contributed by atoms with van der Waals surface area (Å²) in [4.78, 5) is 0. The highest BCUT2D eigenvalue weighted by atomic mass is 15.1. The molecule has 0 amide bonds. The molecule has 13 heavy (non-hydrogen) atoms. The zero-order valence-corrected chi connectivity index (χ0v) is 8.13. The van der Waals surface area contributed by atoms with Gasteiger partial charge in [0.2, 0.25) is 0 Å². The summed E-state index contributed by atoms with van der Waals surface area (Å²) in [5.74, 6) is 0. The van der Waals surface area contributed by atoms with E-state index in [4.69, 9.17) is 5.73 Å². The number of unbranched alkanes of at least 4 members (excludes halogenated alkanes) is 4. The molecule has 0 spiro atoms. The van der Waals surface area contributed by atoms with Crippen molar-refractivity contribution in [3.63, 3.8) is 0 Å². The third kappa shape index (κ3) is 4.68. The van der Waals surface area contributed by atoms with Gasteiger partial charge < -0.3 is 5.73 Å². The van der Waals surface area contributed by atoms with Crippen molar-refractivity contribution in [1.82, 2.24) is 10.2 Å². The van der Waals surface area contributed by atoms with Crippen LogP contribution >= 0.6 is 0 Å². The van der Waals surface area contributed by atoms with Gasteiger partial charge >= 0.3 is 0 Å². The maximum atomic E-state index is 5.41. The lowest BCUT2D eigenvalue weighted by Gasteiger charge is -1.98. The largest absolute Gasteiger partial charge is 0.330 e. The smallest absolute Gasteiger partial charge is 0.0519 e. The lowest BCUT2D eigenvalue weighted by Crippen LogP contribution is -1.97. The summed E-state index contributed by atoms with van der Waals surface area (Å²) < 4.78 is 0. The molecule has 74 valence electrons. The lowest BCUT2D eigenvalue weighted by molar-refractivity contribution is 0.618. The molecule has 1 rings (SSSR count). The number of hydrogen-bond acceptors (Lipinski definition) is 2. The van der Waals surface area contributed by atoms with Crippen LogP contribution in [0.4, 0.5) is 0 Å². The first-order chi connectivity index (χ1) is 6.43. The molecule has 0 aliphatic heterocycles. The summed E-state index contributed by atoms with van der Waals surface area (Å²) in [7, 11) is 0. The zero-order chi connectivity index (χ0) is 9.36. The van der Waals surface area contributed by atoms with Crippen molar-refractivity contribution in [3.8, 4) is 0 Å². The summed E-state index contributed by atoms with van der Waals surface area (Å²) in [5, 5.41) is 6.73. The van der Waals surface area contributed by atoms with Gasteiger partial charge in [0.25, 0.3) is 0 Å². The van der Waals surface area contributed by atoms with E-state index in [1.807, 2.05) is 12.4 Å². The van der Waals surface area contributed by atoms with Crippen LogP contribution < -0.4 is 5.73 Å². The van der Waals surface area contributed by atoms with Crippen LogP contribution in [0.25, 0.3) is 0 Å². The summed E-state index contributed by atoms with van der Waals surface area (Å²) >= 11 is 0.